The number of benzene rings is 1. The second-order valence-electron chi connectivity index (χ2n) is 5.19. The SMILES string of the molecule is NC(=O)c1nnc2cc(-c3ccncc3)ccc2c1CCCO. The van der Waals surface area contributed by atoms with Crippen LogP contribution in [0, 0.1) is 0 Å². The molecule has 0 fully saturated rings. The smallest absolute Gasteiger partial charge is 0.269 e. The van der Waals surface area contributed by atoms with Gasteiger partial charge in [-0.3, -0.25) is 9.78 Å². The lowest BCUT2D eigenvalue weighted by atomic mass is 9.99. The monoisotopic (exact) mass is 308 g/mol. The fourth-order valence-corrected chi connectivity index (χ4v) is 2.59. The number of aliphatic hydroxyl groups excluding tert-OH is 1. The number of nitrogens with two attached hydrogens (primary N) is 1. The number of nitrogens with zero attached hydrogens (tertiary/aromatic N) is 3. The molecule has 6 nitrogen and oxygen atoms in total. The van der Waals surface area contributed by atoms with E-state index in [2.05, 4.69) is 15.2 Å². The van der Waals surface area contributed by atoms with E-state index in [4.69, 9.17) is 10.8 Å². The van der Waals surface area contributed by atoms with E-state index >= 15 is 0 Å². The first kappa shape index (κ1) is 15.1. The average Bonchev–Trinajstić information content (AvgIpc) is 2.59. The molecule has 0 aliphatic rings. The van der Waals surface area contributed by atoms with Gasteiger partial charge in [0.1, 0.15) is 0 Å². The summed E-state index contributed by atoms with van der Waals surface area (Å²) in [7, 11) is 0. The molecule has 3 N–H and O–H groups in total. The molecule has 1 aromatic carbocycles. The first-order valence-corrected chi connectivity index (χ1v) is 7.31. The largest absolute Gasteiger partial charge is 0.396 e. The van der Waals surface area contributed by atoms with Gasteiger partial charge in [-0.25, -0.2) is 0 Å². The molecule has 0 unspecified atom stereocenters. The first-order chi connectivity index (χ1) is 11.2. The summed E-state index contributed by atoms with van der Waals surface area (Å²) in [6.07, 6.45) is 4.52. The van der Waals surface area contributed by atoms with Gasteiger partial charge in [0.15, 0.2) is 5.69 Å². The molecule has 0 bridgehead atoms. The highest BCUT2D eigenvalue weighted by molar-refractivity contribution is 5.98. The van der Waals surface area contributed by atoms with Crippen LogP contribution in [-0.4, -0.2) is 32.8 Å². The predicted octanol–water partition coefficient (Wildman–Crippen LogP) is 1.72. The lowest BCUT2D eigenvalue weighted by molar-refractivity contribution is 0.0993. The third kappa shape index (κ3) is 3.02. The lowest BCUT2D eigenvalue weighted by Crippen LogP contribution is -2.17. The van der Waals surface area contributed by atoms with Gasteiger partial charge in [0.25, 0.3) is 5.91 Å². The normalized spacial score (nSPS) is 10.8. The number of rotatable bonds is 5. The number of hydrogen-bond acceptors (Lipinski definition) is 5. The Morgan fingerprint density at radius 1 is 1.09 bits per heavy atom. The average molecular weight is 308 g/mol. The third-order valence-electron chi connectivity index (χ3n) is 3.70. The number of aliphatic hydroxyl groups is 1. The van der Waals surface area contributed by atoms with Crippen LogP contribution in [0.3, 0.4) is 0 Å². The number of hydrogen-bond donors (Lipinski definition) is 2. The number of carbonyl (C=O) groups is 1. The van der Waals surface area contributed by atoms with E-state index < -0.39 is 5.91 Å². The van der Waals surface area contributed by atoms with Gasteiger partial charge in [0.05, 0.1) is 5.52 Å². The molecule has 0 saturated heterocycles. The second kappa shape index (κ2) is 6.50. The zero-order chi connectivity index (χ0) is 16.2. The van der Waals surface area contributed by atoms with E-state index in [1.165, 1.54) is 0 Å². The van der Waals surface area contributed by atoms with Gasteiger partial charge in [-0.05, 0) is 47.7 Å². The quantitative estimate of drug-likeness (QED) is 0.747. The van der Waals surface area contributed by atoms with Crippen LogP contribution in [0.25, 0.3) is 22.0 Å². The summed E-state index contributed by atoms with van der Waals surface area (Å²) in [6, 6.07) is 9.63. The van der Waals surface area contributed by atoms with Crippen LogP contribution in [-0.2, 0) is 6.42 Å². The van der Waals surface area contributed by atoms with Crippen molar-refractivity contribution in [2.24, 2.45) is 5.73 Å². The molecule has 0 radical (unpaired) electrons. The van der Waals surface area contributed by atoms with Gasteiger partial charge >= 0.3 is 0 Å². The van der Waals surface area contributed by atoms with Crippen LogP contribution in [0.5, 0.6) is 0 Å². The summed E-state index contributed by atoms with van der Waals surface area (Å²) in [5.41, 5.74) is 9.00. The van der Waals surface area contributed by atoms with Crippen molar-refractivity contribution in [3.63, 3.8) is 0 Å². The Hall–Kier alpha value is -2.86. The molecule has 2 aromatic heterocycles. The van der Waals surface area contributed by atoms with Crippen molar-refractivity contribution in [2.75, 3.05) is 6.61 Å². The Bertz CT molecular complexity index is 850. The molecular weight excluding hydrogens is 292 g/mol. The van der Waals surface area contributed by atoms with E-state index in [9.17, 15) is 4.79 Å². The van der Waals surface area contributed by atoms with E-state index in [-0.39, 0.29) is 12.3 Å². The van der Waals surface area contributed by atoms with E-state index in [0.717, 1.165) is 22.1 Å². The molecule has 3 aromatic rings. The molecule has 0 atom stereocenters. The van der Waals surface area contributed by atoms with Crippen molar-refractivity contribution < 1.29 is 9.90 Å². The summed E-state index contributed by atoms with van der Waals surface area (Å²) in [5, 5.41) is 18.0. The van der Waals surface area contributed by atoms with Gasteiger partial charge < -0.3 is 10.8 Å². The minimum Gasteiger partial charge on any atom is -0.396 e. The summed E-state index contributed by atoms with van der Waals surface area (Å²) in [4.78, 5) is 15.6. The summed E-state index contributed by atoms with van der Waals surface area (Å²) in [6.45, 7) is 0.0388. The highest BCUT2D eigenvalue weighted by Gasteiger charge is 2.15. The Morgan fingerprint density at radius 2 is 1.87 bits per heavy atom. The van der Waals surface area contributed by atoms with Crippen LogP contribution < -0.4 is 5.73 Å². The number of carbonyl (C=O) groups excluding carboxylic acids is 1. The number of aromatic nitrogens is 3. The highest BCUT2D eigenvalue weighted by atomic mass is 16.2. The van der Waals surface area contributed by atoms with Gasteiger partial charge in [-0.2, -0.15) is 0 Å². The Balaban J connectivity index is 2.14. The maximum absolute atomic E-state index is 11.6. The van der Waals surface area contributed by atoms with Crippen molar-refractivity contribution in [3.8, 4) is 11.1 Å². The molecule has 2 heterocycles. The van der Waals surface area contributed by atoms with E-state index in [1.54, 1.807) is 12.4 Å². The van der Waals surface area contributed by atoms with Crippen LogP contribution in [0.4, 0.5) is 0 Å². The lowest BCUT2D eigenvalue weighted by Gasteiger charge is -2.10. The molecule has 0 saturated carbocycles. The van der Waals surface area contributed by atoms with Crippen molar-refractivity contribution in [2.45, 2.75) is 12.8 Å². The molecule has 0 spiro atoms. The fourth-order valence-electron chi connectivity index (χ4n) is 2.59. The molecule has 116 valence electrons. The number of amides is 1. The van der Waals surface area contributed by atoms with E-state index in [0.29, 0.717) is 18.4 Å². The number of pyridine rings is 1. The first-order valence-electron chi connectivity index (χ1n) is 7.31. The summed E-state index contributed by atoms with van der Waals surface area (Å²) < 4.78 is 0. The highest BCUT2D eigenvalue weighted by Crippen LogP contribution is 2.26. The maximum Gasteiger partial charge on any atom is 0.269 e. The predicted molar refractivity (Wildman–Crippen MR) is 86.7 cm³/mol. The molecular formula is C17H16N4O2. The molecule has 0 aliphatic heterocycles. The van der Waals surface area contributed by atoms with Crippen LogP contribution in [0.1, 0.15) is 22.5 Å². The van der Waals surface area contributed by atoms with Crippen LogP contribution in [0.2, 0.25) is 0 Å². The van der Waals surface area contributed by atoms with Crippen LogP contribution in [0.15, 0.2) is 42.7 Å². The number of aryl methyl sites for hydroxylation is 1. The molecule has 3 rings (SSSR count). The zero-order valence-corrected chi connectivity index (χ0v) is 12.4. The van der Waals surface area contributed by atoms with Crippen molar-refractivity contribution in [3.05, 3.63) is 54.0 Å². The van der Waals surface area contributed by atoms with Crippen molar-refractivity contribution >= 4 is 16.8 Å². The molecule has 6 heteroatoms. The Morgan fingerprint density at radius 3 is 2.57 bits per heavy atom. The molecule has 0 aliphatic carbocycles. The summed E-state index contributed by atoms with van der Waals surface area (Å²) in [5.74, 6) is -0.606. The topological polar surface area (TPSA) is 102 Å². The van der Waals surface area contributed by atoms with Gasteiger partial charge in [0, 0.05) is 24.4 Å². The standard InChI is InChI=1S/C17H16N4O2/c18-17(23)16-14(2-1-9-22)13-4-3-12(10-15(13)20-21-16)11-5-7-19-8-6-11/h3-8,10,22H,1-2,9H2,(H2,18,23). The third-order valence-corrected chi connectivity index (χ3v) is 3.70. The van der Waals surface area contributed by atoms with Crippen LogP contribution >= 0.6 is 0 Å². The second-order valence-corrected chi connectivity index (χ2v) is 5.19. The fraction of sp³-hybridized carbons (Fsp3) is 0.176. The minimum atomic E-state index is -0.606. The summed E-state index contributed by atoms with van der Waals surface area (Å²) >= 11 is 0. The van der Waals surface area contributed by atoms with Gasteiger partial charge in [-0.15, -0.1) is 10.2 Å². The molecule has 1 amide bonds. The van der Waals surface area contributed by atoms with E-state index in [1.807, 2.05) is 30.3 Å². The van der Waals surface area contributed by atoms with Crippen molar-refractivity contribution in [1.82, 2.24) is 15.2 Å². The van der Waals surface area contributed by atoms with Gasteiger partial charge in [0.2, 0.25) is 0 Å². The Labute approximate surface area is 133 Å². The molecule has 23 heavy (non-hydrogen) atoms. The van der Waals surface area contributed by atoms with Gasteiger partial charge in [-0.1, -0.05) is 12.1 Å². The van der Waals surface area contributed by atoms with Crippen molar-refractivity contribution in [1.29, 1.82) is 0 Å². The number of fused-ring (bicyclic) bond motifs is 1. The maximum atomic E-state index is 11.6. The minimum absolute atomic E-state index is 0.0388. The zero-order valence-electron chi connectivity index (χ0n) is 12.4. The Kier molecular flexibility index (Phi) is 4.25. The number of primary amides is 1.